The lowest BCUT2D eigenvalue weighted by molar-refractivity contribution is 0.0694. The van der Waals surface area contributed by atoms with Gasteiger partial charge in [0.2, 0.25) is 0 Å². The average molecular weight is 403 g/mol. The van der Waals surface area contributed by atoms with Crippen molar-refractivity contribution in [2.75, 3.05) is 0 Å². The predicted molar refractivity (Wildman–Crippen MR) is 114 cm³/mol. The number of nitrogens with one attached hydrogen (secondary N) is 1. The predicted octanol–water partition coefficient (Wildman–Crippen LogP) is 5.42. The van der Waals surface area contributed by atoms with Gasteiger partial charge in [0.05, 0.1) is 5.56 Å². The lowest BCUT2D eigenvalue weighted by Crippen LogP contribution is -2.40. The molecule has 5 heteroatoms. The molecule has 3 atom stereocenters. The number of carboxylic acid groups (broad SMARTS) is 1. The van der Waals surface area contributed by atoms with Gasteiger partial charge in [-0.05, 0) is 49.8 Å². The molecular weight excluding hydrogens is 372 g/mol. The quantitative estimate of drug-likeness (QED) is 0.678. The maximum absolute atomic E-state index is 12.0. The second-order valence-electron chi connectivity index (χ2n) is 8.30. The highest BCUT2D eigenvalue weighted by Gasteiger charge is 2.28. The van der Waals surface area contributed by atoms with Gasteiger partial charge in [-0.15, -0.1) is 0 Å². The van der Waals surface area contributed by atoms with Gasteiger partial charge in [-0.3, -0.25) is 0 Å². The number of halogens is 1. The van der Waals surface area contributed by atoms with Gasteiger partial charge in [-0.25, -0.2) is 4.79 Å². The SMILES string of the molecule is Cc1c(CN[C@@H]2CCC[C@@H](C)[C@@H]2C)c(C(=O)O)c(C)n1Cc1ccc(Cl)cc1. The van der Waals surface area contributed by atoms with Crippen molar-refractivity contribution >= 4 is 17.6 Å². The number of carbonyl (C=O) groups is 1. The lowest BCUT2D eigenvalue weighted by atomic mass is 9.78. The van der Waals surface area contributed by atoms with Crippen molar-refractivity contribution in [1.29, 1.82) is 0 Å². The Morgan fingerprint density at radius 2 is 1.86 bits per heavy atom. The third kappa shape index (κ3) is 4.28. The van der Waals surface area contributed by atoms with Gasteiger partial charge in [-0.2, -0.15) is 0 Å². The van der Waals surface area contributed by atoms with Crippen LogP contribution in [0.3, 0.4) is 0 Å². The summed E-state index contributed by atoms with van der Waals surface area (Å²) in [6.07, 6.45) is 3.69. The van der Waals surface area contributed by atoms with Crippen molar-refractivity contribution < 1.29 is 9.90 Å². The number of aromatic nitrogens is 1. The molecule has 28 heavy (non-hydrogen) atoms. The Labute approximate surface area is 172 Å². The van der Waals surface area contributed by atoms with Crippen LogP contribution >= 0.6 is 11.6 Å². The van der Waals surface area contributed by atoms with Crippen molar-refractivity contribution in [2.24, 2.45) is 11.8 Å². The Morgan fingerprint density at radius 3 is 2.50 bits per heavy atom. The summed E-state index contributed by atoms with van der Waals surface area (Å²) in [4.78, 5) is 12.0. The number of hydrogen-bond donors (Lipinski definition) is 2. The van der Waals surface area contributed by atoms with E-state index in [1.807, 2.05) is 38.1 Å². The summed E-state index contributed by atoms with van der Waals surface area (Å²) in [5.74, 6) is 0.472. The van der Waals surface area contributed by atoms with E-state index in [4.69, 9.17) is 11.6 Å². The summed E-state index contributed by atoms with van der Waals surface area (Å²) in [6, 6.07) is 8.17. The number of rotatable bonds is 6. The van der Waals surface area contributed by atoms with Crippen LogP contribution < -0.4 is 5.32 Å². The van der Waals surface area contributed by atoms with E-state index in [0.29, 0.717) is 41.6 Å². The summed E-state index contributed by atoms with van der Waals surface area (Å²) in [6.45, 7) is 9.80. The zero-order valence-electron chi connectivity index (χ0n) is 17.3. The first-order valence-corrected chi connectivity index (χ1v) is 10.6. The first-order chi connectivity index (χ1) is 13.3. The van der Waals surface area contributed by atoms with E-state index in [1.165, 1.54) is 12.8 Å². The van der Waals surface area contributed by atoms with Crippen molar-refractivity contribution in [3.8, 4) is 0 Å². The molecule has 3 rings (SSSR count). The van der Waals surface area contributed by atoms with Crippen LogP contribution in [-0.4, -0.2) is 21.7 Å². The van der Waals surface area contributed by atoms with Gasteiger partial charge in [-0.1, -0.05) is 50.4 Å². The molecule has 0 amide bonds. The Hall–Kier alpha value is -1.78. The molecule has 1 heterocycles. The van der Waals surface area contributed by atoms with E-state index in [-0.39, 0.29) is 0 Å². The number of hydrogen-bond acceptors (Lipinski definition) is 2. The number of nitrogens with zero attached hydrogens (tertiary/aromatic N) is 1. The Morgan fingerprint density at radius 1 is 1.18 bits per heavy atom. The Bertz CT molecular complexity index is 841. The molecular formula is C23H31ClN2O2. The highest BCUT2D eigenvalue weighted by molar-refractivity contribution is 6.30. The van der Waals surface area contributed by atoms with Crippen molar-refractivity contribution in [3.63, 3.8) is 0 Å². The molecule has 0 unspecified atom stereocenters. The van der Waals surface area contributed by atoms with Crippen LogP contribution in [0.5, 0.6) is 0 Å². The molecule has 2 N–H and O–H groups in total. The Balaban J connectivity index is 1.85. The minimum atomic E-state index is -0.850. The van der Waals surface area contributed by atoms with Crippen LogP contribution in [0.2, 0.25) is 5.02 Å². The molecule has 0 spiro atoms. The molecule has 152 valence electrons. The molecule has 1 aromatic heterocycles. The summed E-state index contributed by atoms with van der Waals surface area (Å²) in [7, 11) is 0. The second kappa shape index (κ2) is 8.71. The topological polar surface area (TPSA) is 54.3 Å². The van der Waals surface area contributed by atoms with Gasteiger partial charge >= 0.3 is 5.97 Å². The fourth-order valence-electron chi connectivity index (χ4n) is 4.56. The van der Waals surface area contributed by atoms with Gasteiger partial charge in [0.25, 0.3) is 0 Å². The van der Waals surface area contributed by atoms with Gasteiger partial charge in [0.15, 0.2) is 0 Å². The lowest BCUT2D eigenvalue weighted by Gasteiger charge is -2.34. The van der Waals surface area contributed by atoms with E-state index >= 15 is 0 Å². The normalized spacial score (nSPS) is 22.4. The molecule has 1 aromatic carbocycles. The first-order valence-electron chi connectivity index (χ1n) is 10.2. The van der Waals surface area contributed by atoms with Gasteiger partial charge < -0.3 is 15.0 Å². The number of aromatic carboxylic acids is 1. The summed E-state index contributed by atoms with van der Waals surface area (Å²) < 4.78 is 2.11. The summed E-state index contributed by atoms with van der Waals surface area (Å²) >= 11 is 5.99. The van der Waals surface area contributed by atoms with E-state index in [9.17, 15) is 9.90 Å². The molecule has 1 saturated carbocycles. The first kappa shape index (κ1) is 20.9. The minimum Gasteiger partial charge on any atom is -0.478 e. The molecule has 2 aromatic rings. The molecule has 0 bridgehead atoms. The van der Waals surface area contributed by atoms with E-state index in [2.05, 4.69) is 23.7 Å². The fourth-order valence-corrected chi connectivity index (χ4v) is 4.69. The molecule has 0 aliphatic heterocycles. The maximum Gasteiger partial charge on any atom is 0.337 e. The van der Waals surface area contributed by atoms with Crippen molar-refractivity contribution in [2.45, 2.75) is 66.1 Å². The molecule has 0 saturated heterocycles. The highest BCUT2D eigenvalue weighted by atomic mass is 35.5. The zero-order chi connectivity index (χ0) is 20.4. The van der Waals surface area contributed by atoms with Crippen LogP contribution in [0.25, 0.3) is 0 Å². The third-order valence-electron chi connectivity index (χ3n) is 6.63. The van der Waals surface area contributed by atoms with E-state index < -0.39 is 5.97 Å². The average Bonchev–Trinajstić information content (AvgIpc) is 2.89. The van der Waals surface area contributed by atoms with Crippen LogP contribution in [0.1, 0.15) is 66.0 Å². The zero-order valence-corrected chi connectivity index (χ0v) is 18.0. The molecule has 1 fully saturated rings. The monoisotopic (exact) mass is 402 g/mol. The second-order valence-corrected chi connectivity index (χ2v) is 8.73. The van der Waals surface area contributed by atoms with E-state index in [0.717, 1.165) is 28.9 Å². The molecule has 0 radical (unpaired) electrons. The Kier molecular flexibility index (Phi) is 6.51. The maximum atomic E-state index is 12.0. The van der Waals surface area contributed by atoms with Gasteiger partial charge in [0, 0.05) is 41.1 Å². The minimum absolute atomic E-state index is 0.440. The van der Waals surface area contributed by atoms with Crippen molar-refractivity contribution in [1.82, 2.24) is 9.88 Å². The van der Waals surface area contributed by atoms with Crippen LogP contribution in [0.15, 0.2) is 24.3 Å². The molecule has 4 nitrogen and oxygen atoms in total. The smallest absolute Gasteiger partial charge is 0.337 e. The molecule has 1 aliphatic rings. The van der Waals surface area contributed by atoms with E-state index in [1.54, 1.807) is 0 Å². The van der Waals surface area contributed by atoms with Crippen LogP contribution in [-0.2, 0) is 13.1 Å². The highest BCUT2D eigenvalue weighted by Crippen LogP contribution is 2.30. The summed E-state index contributed by atoms with van der Waals surface area (Å²) in [5, 5.41) is 14.2. The number of benzene rings is 1. The van der Waals surface area contributed by atoms with Gasteiger partial charge in [0.1, 0.15) is 0 Å². The number of carboxylic acids is 1. The third-order valence-corrected chi connectivity index (χ3v) is 6.88. The standard InChI is InChI=1S/C23H31ClN2O2/c1-14-6-5-7-21(15(14)2)25-12-20-16(3)26(17(4)22(20)23(27)28)13-18-8-10-19(24)11-9-18/h8-11,14-15,21,25H,5-7,12-13H2,1-4H3,(H,27,28)/t14-,15+,21-/m1/s1. The van der Waals surface area contributed by atoms with Crippen LogP contribution in [0, 0.1) is 25.7 Å². The van der Waals surface area contributed by atoms with Crippen LogP contribution in [0.4, 0.5) is 0 Å². The molecule has 1 aliphatic carbocycles. The summed E-state index contributed by atoms with van der Waals surface area (Å²) in [5.41, 5.74) is 4.28. The largest absolute Gasteiger partial charge is 0.478 e. The van der Waals surface area contributed by atoms with Crippen molar-refractivity contribution in [3.05, 3.63) is 57.4 Å². The fraction of sp³-hybridized carbons (Fsp3) is 0.522.